The number of nitrogens with one attached hydrogen (secondary N) is 2. The molecule has 0 unspecified atom stereocenters. The number of benzene rings is 3. The van der Waals surface area contributed by atoms with Crippen LogP contribution in [0.4, 0.5) is 11.4 Å². The lowest BCUT2D eigenvalue weighted by Gasteiger charge is -2.15. The van der Waals surface area contributed by atoms with E-state index in [9.17, 15) is 14.4 Å². The van der Waals surface area contributed by atoms with Gasteiger partial charge in [0.25, 0.3) is 11.8 Å². The molecule has 2 N–H and O–H groups in total. The molecule has 1 saturated carbocycles. The van der Waals surface area contributed by atoms with Gasteiger partial charge >= 0.3 is 5.97 Å². The van der Waals surface area contributed by atoms with Crippen molar-refractivity contribution < 1.29 is 23.9 Å². The fraction of sp³-hybridized carbons (Fsp3) is 0.192. The minimum Gasteiger partial charge on any atom is -0.495 e. The fourth-order valence-corrected chi connectivity index (χ4v) is 3.61. The number of para-hydroxylation sites is 2. The zero-order valence-electron chi connectivity index (χ0n) is 18.2. The van der Waals surface area contributed by atoms with Gasteiger partial charge in [-0.15, -0.1) is 0 Å². The molecular formula is C26H24N2O5. The Hall–Kier alpha value is -4.13. The number of rotatable bonds is 8. The summed E-state index contributed by atoms with van der Waals surface area (Å²) in [6, 6.07) is 23.0. The first-order chi connectivity index (χ1) is 16.0. The summed E-state index contributed by atoms with van der Waals surface area (Å²) in [4.78, 5) is 37.3. The molecule has 3 aromatic carbocycles. The van der Waals surface area contributed by atoms with Crippen LogP contribution in [0.3, 0.4) is 0 Å². The Morgan fingerprint density at radius 3 is 2.18 bits per heavy atom. The van der Waals surface area contributed by atoms with Crippen molar-refractivity contribution in [2.45, 2.75) is 18.3 Å². The number of hydrogen-bond donors (Lipinski definition) is 2. The summed E-state index contributed by atoms with van der Waals surface area (Å²) in [5.41, 5.74) is 1.77. The molecule has 1 fully saturated rings. The maximum absolute atomic E-state index is 12.5. The van der Waals surface area contributed by atoms with Crippen LogP contribution in [0, 0.1) is 0 Å². The Labute approximate surface area is 191 Å². The summed E-state index contributed by atoms with van der Waals surface area (Å²) >= 11 is 0. The molecule has 33 heavy (non-hydrogen) atoms. The van der Waals surface area contributed by atoms with Gasteiger partial charge in [-0.1, -0.05) is 42.5 Å². The summed E-state index contributed by atoms with van der Waals surface area (Å²) in [6.45, 7) is -0.372. The first-order valence-electron chi connectivity index (χ1n) is 10.6. The van der Waals surface area contributed by atoms with Crippen LogP contribution in [0.5, 0.6) is 5.75 Å². The van der Waals surface area contributed by atoms with Crippen molar-refractivity contribution in [2.75, 3.05) is 24.4 Å². The summed E-state index contributed by atoms with van der Waals surface area (Å²) in [7, 11) is 1.53. The van der Waals surface area contributed by atoms with Gasteiger partial charge in [0.15, 0.2) is 6.61 Å². The van der Waals surface area contributed by atoms with Crippen molar-refractivity contribution in [1.82, 2.24) is 0 Å². The highest BCUT2D eigenvalue weighted by atomic mass is 16.5. The number of carbonyl (C=O) groups excluding carboxylic acids is 3. The second-order valence-electron chi connectivity index (χ2n) is 7.80. The lowest BCUT2D eigenvalue weighted by Crippen LogP contribution is -2.28. The van der Waals surface area contributed by atoms with E-state index in [0.717, 1.165) is 18.4 Å². The number of methoxy groups -OCH3 is 1. The van der Waals surface area contributed by atoms with Crippen molar-refractivity contribution in [1.29, 1.82) is 0 Å². The monoisotopic (exact) mass is 444 g/mol. The van der Waals surface area contributed by atoms with Crippen molar-refractivity contribution in [3.8, 4) is 5.75 Å². The molecule has 0 aliphatic heterocycles. The second-order valence-corrected chi connectivity index (χ2v) is 7.80. The van der Waals surface area contributed by atoms with E-state index in [1.165, 1.54) is 7.11 Å². The number of esters is 1. The Morgan fingerprint density at radius 1 is 0.848 bits per heavy atom. The van der Waals surface area contributed by atoms with Gasteiger partial charge in [0.05, 0.1) is 18.2 Å². The molecular weight excluding hydrogens is 420 g/mol. The van der Waals surface area contributed by atoms with Crippen LogP contribution in [-0.2, 0) is 19.7 Å². The highest BCUT2D eigenvalue weighted by Crippen LogP contribution is 2.49. The number of anilines is 2. The van der Waals surface area contributed by atoms with Crippen molar-refractivity contribution in [3.63, 3.8) is 0 Å². The third kappa shape index (κ3) is 5.03. The molecule has 0 saturated heterocycles. The maximum Gasteiger partial charge on any atom is 0.317 e. The summed E-state index contributed by atoms with van der Waals surface area (Å²) in [5, 5.41) is 5.47. The first-order valence-corrected chi connectivity index (χ1v) is 10.6. The van der Waals surface area contributed by atoms with Gasteiger partial charge in [-0.25, -0.2) is 0 Å². The smallest absolute Gasteiger partial charge is 0.317 e. The standard InChI is InChI=1S/C26H24N2O5/c1-32-22-10-6-5-9-21(22)28-24(30)18-11-13-20(14-12-18)27-23(29)17-33-25(31)26(15-16-26)19-7-3-2-4-8-19/h2-14H,15-17H2,1H3,(H,27,29)(H,28,30). The van der Waals surface area contributed by atoms with E-state index >= 15 is 0 Å². The summed E-state index contributed by atoms with van der Waals surface area (Å²) in [5.74, 6) is -0.572. The Morgan fingerprint density at radius 2 is 1.52 bits per heavy atom. The predicted octanol–water partition coefficient (Wildman–Crippen LogP) is 4.16. The zero-order chi connectivity index (χ0) is 23.3. The van der Waals surface area contributed by atoms with E-state index in [0.29, 0.717) is 22.7 Å². The Balaban J connectivity index is 1.29. The van der Waals surface area contributed by atoms with Crippen LogP contribution in [-0.4, -0.2) is 31.5 Å². The molecule has 0 radical (unpaired) electrons. The van der Waals surface area contributed by atoms with Gasteiger partial charge in [-0.05, 0) is 54.8 Å². The number of ether oxygens (including phenoxy) is 2. The fourth-order valence-electron chi connectivity index (χ4n) is 3.61. The van der Waals surface area contributed by atoms with E-state index < -0.39 is 11.3 Å². The molecule has 7 nitrogen and oxygen atoms in total. The first kappa shape index (κ1) is 22.1. The molecule has 0 spiro atoms. The van der Waals surface area contributed by atoms with Crippen molar-refractivity contribution in [3.05, 3.63) is 90.0 Å². The van der Waals surface area contributed by atoms with Gasteiger partial charge in [0.2, 0.25) is 0 Å². The predicted molar refractivity (Wildman–Crippen MR) is 124 cm³/mol. The number of amides is 2. The van der Waals surface area contributed by atoms with Gasteiger partial charge in [0, 0.05) is 11.3 Å². The lowest BCUT2D eigenvalue weighted by atomic mass is 9.96. The SMILES string of the molecule is COc1ccccc1NC(=O)c1ccc(NC(=O)COC(=O)C2(c3ccccc3)CC2)cc1. The molecule has 7 heteroatoms. The molecule has 0 heterocycles. The molecule has 1 aliphatic carbocycles. The topological polar surface area (TPSA) is 93.7 Å². The molecule has 0 bridgehead atoms. The van der Waals surface area contributed by atoms with E-state index in [2.05, 4.69) is 10.6 Å². The van der Waals surface area contributed by atoms with Crippen LogP contribution in [0.1, 0.15) is 28.8 Å². The molecule has 168 valence electrons. The quantitative estimate of drug-likeness (QED) is 0.509. The molecule has 2 amide bonds. The van der Waals surface area contributed by atoms with Gasteiger partial charge in [-0.3, -0.25) is 14.4 Å². The molecule has 0 aromatic heterocycles. The van der Waals surface area contributed by atoms with E-state index in [4.69, 9.17) is 9.47 Å². The van der Waals surface area contributed by atoms with Gasteiger partial charge < -0.3 is 20.1 Å². The van der Waals surface area contributed by atoms with Crippen LogP contribution in [0.2, 0.25) is 0 Å². The average molecular weight is 444 g/mol. The molecule has 4 rings (SSSR count). The third-order valence-corrected chi connectivity index (χ3v) is 5.59. The molecule has 1 aliphatic rings. The largest absolute Gasteiger partial charge is 0.495 e. The summed E-state index contributed by atoms with van der Waals surface area (Å²) < 4.78 is 10.5. The minimum absolute atomic E-state index is 0.304. The number of carbonyl (C=O) groups is 3. The van der Waals surface area contributed by atoms with Gasteiger partial charge in [-0.2, -0.15) is 0 Å². The lowest BCUT2D eigenvalue weighted by molar-refractivity contribution is -0.150. The van der Waals surface area contributed by atoms with E-state index in [-0.39, 0.29) is 18.5 Å². The Bertz CT molecular complexity index is 1150. The highest BCUT2D eigenvalue weighted by Gasteiger charge is 2.52. The number of hydrogen-bond acceptors (Lipinski definition) is 5. The van der Waals surface area contributed by atoms with Crippen LogP contribution >= 0.6 is 0 Å². The van der Waals surface area contributed by atoms with E-state index in [1.54, 1.807) is 42.5 Å². The van der Waals surface area contributed by atoms with Crippen LogP contribution < -0.4 is 15.4 Å². The van der Waals surface area contributed by atoms with E-state index in [1.807, 2.05) is 36.4 Å². The van der Waals surface area contributed by atoms with Crippen LogP contribution in [0.25, 0.3) is 0 Å². The van der Waals surface area contributed by atoms with Crippen molar-refractivity contribution >= 4 is 29.2 Å². The highest BCUT2D eigenvalue weighted by molar-refractivity contribution is 6.05. The van der Waals surface area contributed by atoms with Crippen LogP contribution in [0.15, 0.2) is 78.9 Å². The van der Waals surface area contributed by atoms with Crippen molar-refractivity contribution in [2.24, 2.45) is 0 Å². The normalized spacial score (nSPS) is 13.5. The minimum atomic E-state index is -0.627. The third-order valence-electron chi connectivity index (χ3n) is 5.59. The van der Waals surface area contributed by atoms with Gasteiger partial charge in [0.1, 0.15) is 5.75 Å². The second kappa shape index (κ2) is 9.56. The molecule has 0 atom stereocenters. The maximum atomic E-state index is 12.5. The summed E-state index contributed by atoms with van der Waals surface area (Å²) in [6.07, 6.45) is 1.44. The average Bonchev–Trinajstić information content (AvgIpc) is 3.66. The zero-order valence-corrected chi connectivity index (χ0v) is 18.2. The Kier molecular flexibility index (Phi) is 6.40. The molecule has 3 aromatic rings.